The maximum absolute atomic E-state index is 0. The minimum absolute atomic E-state index is 0. The average Bonchev–Trinajstić information content (AvgIpc) is 0. The van der Waals surface area contributed by atoms with Gasteiger partial charge in [-0.25, -0.2) is 0 Å². The van der Waals surface area contributed by atoms with Gasteiger partial charge in [0.25, 0.3) is 0 Å². The Morgan fingerprint density at radius 2 is 0.333 bits per heavy atom. The third kappa shape index (κ3) is 33.2. The van der Waals surface area contributed by atoms with Crippen LogP contribution in [0.1, 0.15) is 0 Å². The summed E-state index contributed by atoms with van der Waals surface area (Å²) in [5, 5.41) is 0. The van der Waals surface area contributed by atoms with Gasteiger partial charge in [0.1, 0.15) is 0 Å². The molecule has 0 bridgehead atoms. The van der Waals surface area contributed by atoms with Crippen molar-refractivity contribution in [2.75, 3.05) is 0 Å². The van der Waals surface area contributed by atoms with Gasteiger partial charge in [0.15, 0.2) is 0 Å². The number of rotatable bonds is 0. The van der Waals surface area contributed by atoms with Gasteiger partial charge in [-0.1, -0.05) is 0 Å². The van der Waals surface area contributed by atoms with E-state index in [0.29, 0.717) is 0 Å². The minimum Gasteiger partial charge on any atom is -0.147 e. The topological polar surface area (TPSA) is 0 Å². The summed E-state index contributed by atoms with van der Waals surface area (Å²) in [6, 6.07) is 0. The fourth-order valence-corrected chi connectivity index (χ4v) is 0. The molecule has 0 aromatic rings. The van der Waals surface area contributed by atoms with Gasteiger partial charge in [-0.3, -0.25) is 0 Å². The molecule has 0 unspecified atom stereocenters. The van der Waals surface area contributed by atoms with Crippen molar-refractivity contribution in [3.8, 4) is 0 Å². The van der Waals surface area contributed by atoms with E-state index in [1.165, 1.54) is 0 Å². The molecule has 0 aromatic carbocycles. The summed E-state index contributed by atoms with van der Waals surface area (Å²) in [6.45, 7) is 0. The number of hydrogen-bond acceptors (Lipinski definition) is 0. The van der Waals surface area contributed by atoms with Crippen LogP contribution in [0.2, 0.25) is 0 Å². The monoisotopic (exact) mass is 360 g/mol. The van der Waals surface area contributed by atoms with E-state index in [2.05, 4.69) is 0 Å². The van der Waals surface area contributed by atoms with E-state index in [1.54, 1.807) is 0 Å². The van der Waals surface area contributed by atoms with E-state index in [4.69, 9.17) is 0 Å². The van der Waals surface area contributed by atoms with E-state index >= 15 is 0 Å². The molecule has 0 aromatic heterocycles. The molecule has 0 atom stereocenters. The van der Waals surface area contributed by atoms with Crippen LogP contribution >= 0.6 is 62.0 Å². The van der Waals surface area contributed by atoms with Crippen LogP contribution in [0.4, 0.5) is 0 Å². The Kier molecular flexibility index (Phi) is 750. The van der Waals surface area contributed by atoms with Crippen molar-refractivity contribution < 1.29 is 25.8 Å². The van der Waals surface area contributed by atoms with Crippen molar-refractivity contribution in [3.63, 3.8) is 0 Å². The largest absolute Gasteiger partial charge is 0.147 e. The van der Waals surface area contributed by atoms with E-state index < -0.39 is 0 Å². The maximum Gasteiger partial charge on any atom is 0 e. The molecule has 0 aliphatic heterocycles. The number of hydrogen-bond donors (Lipinski definition) is 0. The summed E-state index contributed by atoms with van der Waals surface area (Å²) in [4.78, 5) is 0. The summed E-state index contributed by atoms with van der Waals surface area (Å²) in [6.07, 6.45) is 0. The quantitative estimate of drug-likeness (QED) is 0.580. The Morgan fingerprint density at radius 3 is 0.333 bits per heavy atom. The van der Waals surface area contributed by atoms with Crippen molar-refractivity contribution in [1.82, 2.24) is 0 Å². The van der Waals surface area contributed by atoms with Crippen LogP contribution < -0.4 is 0 Å². The van der Waals surface area contributed by atoms with Gasteiger partial charge in [0.2, 0.25) is 0 Å². The molecule has 0 radical (unpaired) electrons. The van der Waals surface area contributed by atoms with Crippen LogP contribution in [-0.4, -0.2) is 0 Å². The summed E-state index contributed by atoms with van der Waals surface area (Å²) < 4.78 is 0. The van der Waals surface area contributed by atoms with Crippen molar-refractivity contribution in [1.29, 1.82) is 0 Å². The summed E-state index contributed by atoms with van der Waals surface area (Å²) in [5.41, 5.74) is 0. The van der Waals surface area contributed by atoms with Gasteiger partial charge in [-0.2, -0.15) is 0 Å². The normalized spacial score (nSPS) is 0. The van der Waals surface area contributed by atoms with E-state index in [9.17, 15) is 0 Å². The molecule has 0 heterocycles. The third-order valence-electron chi connectivity index (χ3n) is 0. The second-order valence-electron chi connectivity index (χ2n) is 0. The molecule has 0 fully saturated rings. The fourth-order valence-electron chi connectivity index (χ4n) is 0. The number of halogens is 5. The van der Waals surface area contributed by atoms with Gasteiger partial charge in [0, 0.05) is 25.8 Å². The van der Waals surface area contributed by atoms with Crippen LogP contribution in [0.5, 0.6) is 0 Å². The van der Waals surface area contributed by atoms with E-state index in [-0.39, 0.29) is 87.9 Å². The molecule has 0 saturated carbocycles. The van der Waals surface area contributed by atoms with Crippen LogP contribution in [0.3, 0.4) is 0 Å². The molecule has 0 rings (SSSR count). The van der Waals surface area contributed by atoms with Crippen molar-refractivity contribution in [2.45, 2.75) is 0 Å². The Labute approximate surface area is 87.0 Å². The molecule has 0 spiro atoms. The van der Waals surface area contributed by atoms with Crippen LogP contribution in [0, 0.1) is 0 Å². The smallest absolute Gasteiger partial charge is 0 e. The van der Waals surface area contributed by atoms with Crippen molar-refractivity contribution in [2.24, 2.45) is 0 Å². The van der Waals surface area contributed by atoms with Gasteiger partial charge < -0.3 is 0 Å². The first-order chi connectivity index (χ1) is 0. The Balaban J connectivity index is 0. The molecule has 6 heteroatoms. The zero-order chi connectivity index (χ0) is 0. The first-order valence-corrected chi connectivity index (χ1v) is 0. The Bertz CT molecular complexity index is 3.90. The SMILES string of the molecule is Cl.Cl.Cl.Cl.Cl.[Hf]. The first kappa shape index (κ1) is 82.8. The second kappa shape index (κ2) is 54.3. The molecule has 0 aliphatic carbocycles. The van der Waals surface area contributed by atoms with Gasteiger partial charge in [-0.05, 0) is 0 Å². The standard InChI is InChI=1S/5ClH.Hf/h5*1H;. The molecule has 0 nitrogen and oxygen atoms in total. The molecule has 0 saturated heterocycles. The molecule has 0 aliphatic rings. The first-order valence-electron chi connectivity index (χ1n) is 0. The van der Waals surface area contributed by atoms with Gasteiger partial charge in [0.05, 0.1) is 0 Å². The summed E-state index contributed by atoms with van der Waals surface area (Å²) in [7, 11) is 0. The average molecular weight is 361 g/mol. The maximum atomic E-state index is 0. The van der Waals surface area contributed by atoms with Crippen molar-refractivity contribution >= 4 is 62.0 Å². The Hall–Kier alpha value is 2.32. The van der Waals surface area contributed by atoms with Crippen molar-refractivity contribution in [3.05, 3.63) is 0 Å². The Morgan fingerprint density at radius 1 is 0.333 bits per heavy atom. The van der Waals surface area contributed by atoms with E-state index in [0.717, 1.165) is 0 Å². The van der Waals surface area contributed by atoms with E-state index in [1.807, 2.05) is 0 Å². The third-order valence-corrected chi connectivity index (χ3v) is 0. The zero-order valence-corrected chi connectivity index (χ0v) is 10.2. The second-order valence-corrected chi connectivity index (χ2v) is 0. The molecular formula is H5Cl5Hf. The summed E-state index contributed by atoms with van der Waals surface area (Å²) in [5.74, 6) is 0. The van der Waals surface area contributed by atoms with Gasteiger partial charge in [-0.15, -0.1) is 62.0 Å². The predicted molar refractivity (Wildman–Crippen MR) is 36.2 cm³/mol. The fraction of sp³-hybridized carbons (Fsp3) is 0. The zero-order valence-electron chi connectivity index (χ0n) is 2.54. The molecule has 44 valence electrons. The predicted octanol–water partition coefficient (Wildman–Crippen LogP) is 2.11. The molecule has 6 heavy (non-hydrogen) atoms. The molecule has 0 amide bonds. The molecular weight excluding hydrogens is 356 g/mol. The van der Waals surface area contributed by atoms with Crippen LogP contribution in [-0.2, 0) is 25.8 Å². The minimum atomic E-state index is 0. The van der Waals surface area contributed by atoms with Gasteiger partial charge >= 0.3 is 0 Å². The molecule has 0 N–H and O–H groups in total. The van der Waals surface area contributed by atoms with Crippen LogP contribution in [0.25, 0.3) is 0 Å². The summed E-state index contributed by atoms with van der Waals surface area (Å²) >= 11 is 0. The van der Waals surface area contributed by atoms with Crippen LogP contribution in [0.15, 0.2) is 0 Å².